The molecule has 0 saturated carbocycles. The van der Waals surface area contributed by atoms with Gasteiger partial charge in [0.05, 0.1) is 0 Å². The highest BCUT2D eigenvalue weighted by Gasteiger charge is 2.10. The number of amides is 1. The first-order valence-electron chi connectivity index (χ1n) is 7.60. The van der Waals surface area contributed by atoms with Gasteiger partial charge in [-0.1, -0.05) is 46.3 Å². The fourth-order valence-corrected chi connectivity index (χ4v) is 2.71. The van der Waals surface area contributed by atoms with Crippen molar-refractivity contribution >= 4 is 22.4 Å². The lowest BCUT2D eigenvalue weighted by Gasteiger charge is -1.99. The van der Waals surface area contributed by atoms with E-state index < -0.39 is 0 Å². The Morgan fingerprint density at radius 1 is 1.21 bits per heavy atom. The van der Waals surface area contributed by atoms with E-state index in [2.05, 4.69) is 25.7 Å². The zero-order valence-electron chi connectivity index (χ0n) is 13.4. The Morgan fingerprint density at radius 2 is 2.00 bits per heavy atom. The molecule has 0 saturated heterocycles. The van der Waals surface area contributed by atoms with Gasteiger partial charge in [-0.2, -0.15) is 4.98 Å². The average molecular weight is 343 g/mol. The Bertz CT molecular complexity index is 825. The van der Waals surface area contributed by atoms with Crippen LogP contribution in [0.5, 0.6) is 0 Å². The number of aryl methyl sites for hydroxylation is 3. The summed E-state index contributed by atoms with van der Waals surface area (Å²) in [4.78, 5) is 16.2. The van der Waals surface area contributed by atoms with Gasteiger partial charge < -0.3 is 9.84 Å². The molecule has 124 valence electrons. The third-order valence-electron chi connectivity index (χ3n) is 3.34. The van der Waals surface area contributed by atoms with Gasteiger partial charge in [-0.05, 0) is 20.3 Å². The second-order valence-corrected chi connectivity index (χ2v) is 6.59. The Balaban J connectivity index is 1.48. The molecule has 2 heterocycles. The zero-order chi connectivity index (χ0) is 16.9. The topological polar surface area (TPSA) is 93.8 Å². The maximum atomic E-state index is 11.8. The highest BCUT2D eigenvalue weighted by molar-refractivity contribution is 7.15. The van der Waals surface area contributed by atoms with Crippen molar-refractivity contribution in [2.75, 3.05) is 5.32 Å². The number of anilines is 1. The largest absolute Gasteiger partial charge is 0.339 e. The van der Waals surface area contributed by atoms with Gasteiger partial charge in [-0.25, -0.2) is 0 Å². The van der Waals surface area contributed by atoms with E-state index in [0.29, 0.717) is 36.1 Å². The van der Waals surface area contributed by atoms with Gasteiger partial charge in [0.2, 0.25) is 22.8 Å². The molecule has 1 N–H and O–H groups in total. The van der Waals surface area contributed by atoms with Gasteiger partial charge in [0, 0.05) is 18.4 Å². The van der Waals surface area contributed by atoms with Crippen LogP contribution in [0.3, 0.4) is 0 Å². The summed E-state index contributed by atoms with van der Waals surface area (Å²) in [7, 11) is 0. The Kier molecular flexibility index (Phi) is 4.95. The number of carbonyl (C=O) groups excluding carboxylic acids is 1. The molecule has 0 radical (unpaired) electrons. The van der Waals surface area contributed by atoms with Crippen LogP contribution in [-0.2, 0) is 11.2 Å². The highest BCUT2D eigenvalue weighted by atomic mass is 32.1. The number of aromatic nitrogens is 4. The molecule has 3 aromatic rings. The van der Waals surface area contributed by atoms with Gasteiger partial charge in [-0.3, -0.25) is 4.79 Å². The molecule has 0 fully saturated rings. The Morgan fingerprint density at radius 3 is 2.71 bits per heavy atom. The van der Waals surface area contributed by atoms with E-state index >= 15 is 0 Å². The fourth-order valence-electron chi connectivity index (χ4n) is 2.11. The van der Waals surface area contributed by atoms with E-state index in [1.54, 1.807) is 0 Å². The molecule has 0 aliphatic carbocycles. The molecule has 0 atom stereocenters. The Labute approximate surface area is 143 Å². The molecule has 0 bridgehead atoms. The van der Waals surface area contributed by atoms with Crippen LogP contribution in [0.15, 0.2) is 28.8 Å². The van der Waals surface area contributed by atoms with Crippen molar-refractivity contribution in [3.8, 4) is 11.4 Å². The number of rotatable bonds is 6. The summed E-state index contributed by atoms with van der Waals surface area (Å²) in [5, 5.41) is 15.8. The SMILES string of the molecule is Cc1ccc(-c2noc(CCCC(=O)Nc3nnc(C)s3)n2)cc1. The number of hydrogen-bond acceptors (Lipinski definition) is 7. The standard InChI is InChI=1S/C16H17N5O2S/c1-10-6-8-12(9-7-10)15-18-14(23-21-15)5-3-4-13(22)17-16-20-19-11(2)24-16/h6-9H,3-5H2,1-2H3,(H,17,20,22). The molecule has 1 aromatic carbocycles. The van der Waals surface area contributed by atoms with Crippen molar-refractivity contribution in [3.05, 3.63) is 40.7 Å². The van der Waals surface area contributed by atoms with E-state index in [1.165, 1.54) is 16.9 Å². The molecule has 0 aliphatic heterocycles. The lowest BCUT2D eigenvalue weighted by Crippen LogP contribution is -2.11. The molecule has 8 heteroatoms. The maximum Gasteiger partial charge on any atom is 0.226 e. The number of nitrogens with one attached hydrogen (secondary N) is 1. The van der Waals surface area contributed by atoms with Crippen LogP contribution in [0.2, 0.25) is 0 Å². The summed E-state index contributed by atoms with van der Waals surface area (Å²) < 4.78 is 5.24. The lowest BCUT2D eigenvalue weighted by atomic mass is 10.1. The van der Waals surface area contributed by atoms with Gasteiger partial charge in [0.15, 0.2) is 0 Å². The summed E-state index contributed by atoms with van der Waals surface area (Å²) in [5.41, 5.74) is 2.10. The number of nitrogens with zero attached hydrogens (tertiary/aromatic N) is 4. The van der Waals surface area contributed by atoms with E-state index in [-0.39, 0.29) is 5.91 Å². The van der Waals surface area contributed by atoms with Crippen LogP contribution in [0.4, 0.5) is 5.13 Å². The average Bonchev–Trinajstić information content (AvgIpc) is 3.17. The molecular weight excluding hydrogens is 326 g/mol. The molecule has 0 aliphatic rings. The third-order valence-corrected chi connectivity index (χ3v) is 4.10. The summed E-state index contributed by atoms with van der Waals surface area (Å²) in [6, 6.07) is 7.93. The van der Waals surface area contributed by atoms with Crippen molar-refractivity contribution in [3.63, 3.8) is 0 Å². The quantitative estimate of drug-likeness (QED) is 0.739. The maximum absolute atomic E-state index is 11.8. The number of hydrogen-bond donors (Lipinski definition) is 1. The molecule has 2 aromatic heterocycles. The van der Waals surface area contributed by atoms with Crippen molar-refractivity contribution < 1.29 is 9.32 Å². The van der Waals surface area contributed by atoms with E-state index in [4.69, 9.17) is 4.52 Å². The minimum atomic E-state index is -0.0931. The number of benzene rings is 1. The second kappa shape index (κ2) is 7.31. The summed E-state index contributed by atoms with van der Waals surface area (Å²) in [6.45, 7) is 3.87. The molecule has 1 amide bonds. The summed E-state index contributed by atoms with van der Waals surface area (Å²) >= 11 is 1.35. The second-order valence-electron chi connectivity index (χ2n) is 5.41. The molecule has 7 nitrogen and oxygen atoms in total. The smallest absolute Gasteiger partial charge is 0.226 e. The first kappa shape index (κ1) is 16.3. The van der Waals surface area contributed by atoms with Crippen molar-refractivity contribution in [2.24, 2.45) is 0 Å². The van der Waals surface area contributed by atoms with E-state index in [9.17, 15) is 4.79 Å². The van der Waals surface area contributed by atoms with Crippen LogP contribution in [0.1, 0.15) is 29.3 Å². The minimum Gasteiger partial charge on any atom is -0.339 e. The number of carbonyl (C=O) groups is 1. The lowest BCUT2D eigenvalue weighted by molar-refractivity contribution is -0.116. The van der Waals surface area contributed by atoms with E-state index in [0.717, 1.165) is 10.6 Å². The first-order chi connectivity index (χ1) is 11.6. The Hall–Kier alpha value is -2.61. The van der Waals surface area contributed by atoms with Gasteiger partial charge in [-0.15, -0.1) is 10.2 Å². The van der Waals surface area contributed by atoms with Gasteiger partial charge in [0.25, 0.3) is 0 Å². The van der Waals surface area contributed by atoms with Gasteiger partial charge in [0.1, 0.15) is 5.01 Å². The molecule has 0 spiro atoms. The third kappa shape index (κ3) is 4.23. The molecule has 0 unspecified atom stereocenters. The normalized spacial score (nSPS) is 10.8. The fraction of sp³-hybridized carbons (Fsp3) is 0.312. The predicted octanol–water partition coefficient (Wildman–Crippen LogP) is 3.17. The van der Waals surface area contributed by atoms with Crippen molar-refractivity contribution in [2.45, 2.75) is 33.1 Å². The van der Waals surface area contributed by atoms with Crippen LogP contribution >= 0.6 is 11.3 Å². The first-order valence-corrected chi connectivity index (χ1v) is 8.41. The molecular formula is C16H17N5O2S. The van der Waals surface area contributed by atoms with Crippen LogP contribution in [-0.4, -0.2) is 26.2 Å². The summed E-state index contributed by atoms with van der Waals surface area (Å²) in [5.74, 6) is 1.01. The highest BCUT2D eigenvalue weighted by Crippen LogP contribution is 2.17. The van der Waals surface area contributed by atoms with Crippen molar-refractivity contribution in [1.82, 2.24) is 20.3 Å². The van der Waals surface area contributed by atoms with E-state index in [1.807, 2.05) is 38.1 Å². The van der Waals surface area contributed by atoms with Crippen LogP contribution in [0.25, 0.3) is 11.4 Å². The molecule has 3 rings (SSSR count). The van der Waals surface area contributed by atoms with Crippen LogP contribution in [0, 0.1) is 13.8 Å². The monoisotopic (exact) mass is 343 g/mol. The van der Waals surface area contributed by atoms with Gasteiger partial charge >= 0.3 is 0 Å². The van der Waals surface area contributed by atoms with Crippen molar-refractivity contribution in [1.29, 1.82) is 0 Å². The van der Waals surface area contributed by atoms with Crippen LogP contribution < -0.4 is 5.32 Å². The zero-order valence-corrected chi connectivity index (χ0v) is 14.3. The minimum absolute atomic E-state index is 0.0931. The molecule has 24 heavy (non-hydrogen) atoms. The predicted molar refractivity (Wildman–Crippen MR) is 90.7 cm³/mol. The summed E-state index contributed by atoms with van der Waals surface area (Å²) in [6.07, 6.45) is 1.54.